The summed E-state index contributed by atoms with van der Waals surface area (Å²) in [6, 6.07) is 66.9. The van der Waals surface area contributed by atoms with E-state index in [0.29, 0.717) is 17.5 Å². The van der Waals surface area contributed by atoms with E-state index in [2.05, 4.69) is 188 Å². The minimum Gasteiger partial charge on any atom is -0.208 e. The first kappa shape index (κ1) is 31.5. The van der Waals surface area contributed by atoms with Crippen molar-refractivity contribution in [2.75, 3.05) is 0 Å². The Hall–Kier alpha value is -7.01. The van der Waals surface area contributed by atoms with Gasteiger partial charge in [0.15, 0.2) is 17.5 Å². The fourth-order valence-electron chi connectivity index (χ4n) is 8.05. The number of aromatic nitrogens is 3. The van der Waals surface area contributed by atoms with Crippen LogP contribution in [-0.2, 0) is 0 Å². The molecule has 0 saturated heterocycles. The summed E-state index contributed by atoms with van der Waals surface area (Å²) in [6.07, 6.45) is 0. The number of rotatable bonds is 5. The Labute approximate surface area is 321 Å². The van der Waals surface area contributed by atoms with Gasteiger partial charge < -0.3 is 0 Å². The van der Waals surface area contributed by atoms with Gasteiger partial charge in [-0.3, -0.25) is 0 Å². The highest BCUT2D eigenvalue weighted by atomic mass is 32.1. The van der Waals surface area contributed by atoms with E-state index < -0.39 is 0 Å². The van der Waals surface area contributed by atoms with Gasteiger partial charge >= 0.3 is 0 Å². The van der Waals surface area contributed by atoms with Crippen molar-refractivity contribution in [1.82, 2.24) is 15.0 Å². The maximum atomic E-state index is 5.30. The van der Waals surface area contributed by atoms with Gasteiger partial charge in [0.2, 0.25) is 0 Å². The molecule has 4 heteroatoms. The second-order valence-electron chi connectivity index (χ2n) is 14.0. The summed E-state index contributed by atoms with van der Waals surface area (Å²) in [5, 5.41) is 9.64. The molecular formula is C51H31N3S. The van der Waals surface area contributed by atoms with Crippen LogP contribution in [-0.4, -0.2) is 15.0 Å². The van der Waals surface area contributed by atoms with Gasteiger partial charge in [0, 0.05) is 36.9 Å². The average molecular weight is 718 g/mol. The summed E-state index contributed by atoms with van der Waals surface area (Å²) in [5.41, 5.74) is 7.64. The van der Waals surface area contributed by atoms with Gasteiger partial charge in [-0.1, -0.05) is 164 Å². The van der Waals surface area contributed by atoms with Crippen molar-refractivity contribution in [3.05, 3.63) is 188 Å². The Morgan fingerprint density at radius 1 is 0.291 bits per heavy atom. The van der Waals surface area contributed by atoms with Crippen molar-refractivity contribution in [2.24, 2.45) is 0 Å². The monoisotopic (exact) mass is 717 g/mol. The van der Waals surface area contributed by atoms with E-state index in [1.54, 1.807) is 11.3 Å². The zero-order chi connectivity index (χ0) is 36.3. The van der Waals surface area contributed by atoms with E-state index in [1.165, 1.54) is 58.4 Å². The Kier molecular flexibility index (Phi) is 7.35. The quantitative estimate of drug-likeness (QED) is 0.178. The Morgan fingerprint density at radius 2 is 0.818 bits per heavy atom. The molecule has 0 saturated carbocycles. The number of nitrogens with zero attached hydrogens (tertiary/aromatic N) is 3. The minimum atomic E-state index is 0.644. The molecule has 11 rings (SSSR count). The van der Waals surface area contributed by atoms with E-state index in [4.69, 9.17) is 15.0 Å². The highest BCUT2D eigenvalue weighted by Crippen LogP contribution is 2.41. The molecule has 0 aliphatic carbocycles. The highest BCUT2D eigenvalue weighted by Gasteiger charge is 2.19. The molecule has 0 amide bonds. The fraction of sp³-hybridized carbons (Fsp3) is 0. The average Bonchev–Trinajstić information content (AvgIpc) is 3.65. The van der Waals surface area contributed by atoms with Crippen molar-refractivity contribution in [3.63, 3.8) is 0 Å². The van der Waals surface area contributed by atoms with Crippen LogP contribution in [0.3, 0.4) is 0 Å². The lowest BCUT2D eigenvalue weighted by Crippen LogP contribution is -2.01. The van der Waals surface area contributed by atoms with Crippen LogP contribution in [0.15, 0.2) is 188 Å². The fourth-order valence-corrected chi connectivity index (χ4v) is 9.26. The number of hydrogen-bond acceptors (Lipinski definition) is 4. The largest absolute Gasteiger partial charge is 0.208 e. The lowest BCUT2D eigenvalue weighted by molar-refractivity contribution is 1.08. The molecule has 0 radical (unpaired) electrons. The standard InChI is InChI=1S/C51H31N3S/c1-2-13-36-31-37(28-23-32(36)11-1)40-29-30-45(42-17-6-5-16-41(40)42)50-52-49(35-26-24-34(25-27-35)39-19-9-14-33-12-3-4-15-38(33)39)53-51(54-50)46-21-10-20-44-43-18-7-8-22-47(43)55-48(44)46/h1-31H. The summed E-state index contributed by atoms with van der Waals surface area (Å²) in [5.74, 6) is 1.96. The molecule has 0 bridgehead atoms. The molecule has 0 fully saturated rings. The van der Waals surface area contributed by atoms with Crippen molar-refractivity contribution in [2.45, 2.75) is 0 Å². The smallest absolute Gasteiger partial charge is 0.165 e. The molecule has 0 spiro atoms. The first-order chi connectivity index (χ1) is 27.2. The van der Waals surface area contributed by atoms with Crippen LogP contribution < -0.4 is 0 Å². The van der Waals surface area contributed by atoms with E-state index in [-0.39, 0.29) is 0 Å². The van der Waals surface area contributed by atoms with Gasteiger partial charge in [0.25, 0.3) is 0 Å². The van der Waals surface area contributed by atoms with Gasteiger partial charge in [0.1, 0.15) is 0 Å². The van der Waals surface area contributed by atoms with Crippen LogP contribution in [0.5, 0.6) is 0 Å². The van der Waals surface area contributed by atoms with Gasteiger partial charge in [-0.2, -0.15) is 0 Å². The Morgan fingerprint density at radius 3 is 1.65 bits per heavy atom. The summed E-state index contributed by atoms with van der Waals surface area (Å²) in [6.45, 7) is 0. The second-order valence-corrected chi connectivity index (χ2v) is 15.0. The molecule has 0 unspecified atom stereocenters. The molecule has 0 aliphatic rings. The van der Waals surface area contributed by atoms with Crippen LogP contribution in [0.4, 0.5) is 0 Å². The lowest BCUT2D eigenvalue weighted by Gasteiger charge is -2.14. The minimum absolute atomic E-state index is 0.644. The van der Waals surface area contributed by atoms with Crippen molar-refractivity contribution < 1.29 is 0 Å². The van der Waals surface area contributed by atoms with Gasteiger partial charge in [0.05, 0.1) is 0 Å². The van der Waals surface area contributed by atoms with Crippen LogP contribution in [0.1, 0.15) is 0 Å². The van der Waals surface area contributed by atoms with Crippen molar-refractivity contribution >= 4 is 63.8 Å². The SMILES string of the molecule is c1ccc2cc(-c3ccc(-c4nc(-c5ccc(-c6cccc7ccccc67)cc5)nc(-c5cccc6c5sc5ccccc56)n4)c4ccccc34)ccc2c1. The van der Waals surface area contributed by atoms with Crippen LogP contribution in [0.2, 0.25) is 0 Å². The van der Waals surface area contributed by atoms with Crippen molar-refractivity contribution in [1.29, 1.82) is 0 Å². The molecule has 0 N–H and O–H groups in total. The van der Waals surface area contributed by atoms with E-state index in [9.17, 15) is 0 Å². The van der Waals surface area contributed by atoms with E-state index in [1.807, 2.05) is 0 Å². The predicted molar refractivity (Wildman–Crippen MR) is 232 cm³/mol. The third-order valence-electron chi connectivity index (χ3n) is 10.7. The Balaban J connectivity index is 1.10. The molecule has 3 nitrogen and oxygen atoms in total. The molecule has 256 valence electrons. The summed E-state index contributed by atoms with van der Waals surface area (Å²) < 4.78 is 2.42. The molecule has 0 aliphatic heterocycles. The molecule has 55 heavy (non-hydrogen) atoms. The predicted octanol–water partition coefficient (Wildman–Crippen LogP) is 14.0. The molecule has 2 heterocycles. The van der Waals surface area contributed by atoms with E-state index in [0.717, 1.165) is 33.0 Å². The first-order valence-electron chi connectivity index (χ1n) is 18.5. The third kappa shape index (κ3) is 5.38. The number of fused-ring (bicyclic) bond motifs is 6. The summed E-state index contributed by atoms with van der Waals surface area (Å²) in [4.78, 5) is 15.8. The molecular weight excluding hydrogens is 687 g/mol. The van der Waals surface area contributed by atoms with E-state index >= 15 is 0 Å². The third-order valence-corrected chi connectivity index (χ3v) is 12.0. The highest BCUT2D eigenvalue weighted by molar-refractivity contribution is 7.26. The van der Waals surface area contributed by atoms with Crippen LogP contribution in [0.25, 0.3) is 109 Å². The van der Waals surface area contributed by atoms with Crippen LogP contribution >= 0.6 is 11.3 Å². The number of hydrogen-bond donors (Lipinski definition) is 0. The molecule has 11 aromatic rings. The summed E-state index contributed by atoms with van der Waals surface area (Å²) >= 11 is 1.79. The first-order valence-corrected chi connectivity index (χ1v) is 19.3. The molecule has 9 aromatic carbocycles. The maximum absolute atomic E-state index is 5.30. The van der Waals surface area contributed by atoms with Crippen LogP contribution in [0, 0.1) is 0 Å². The molecule has 2 aromatic heterocycles. The van der Waals surface area contributed by atoms with Gasteiger partial charge in [-0.05, 0) is 78.8 Å². The number of thiophene rings is 1. The second kappa shape index (κ2) is 12.8. The zero-order valence-corrected chi connectivity index (χ0v) is 30.5. The summed E-state index contributed by atoms with van der Waals surface area (Å²) in [7, 11) is 0. The number of benzene rings is 9. The topological polar surface area (TPSA) is 38.7 Å². The Bertz CT molecular complexity index is 3270. The van der Waals surface area contributed by atoms with Gasteiger partial charge in [-0.15, -0.1) is 11.3 Å². The molecule has 0 atom stereocenters. The van der Waals surface area contributed by atoms with Crippen molar-refractivity contribution in [3.8, 4) is 56.4 Å². The zero-order valence-electron chi connectivity index (χ0n) is 29.6. The van der Waals surface area contributed by atoms with Gasteiger partial charge in [-0.25, -0.2) is 15.0 Å². The normalized spacial score (nSPS) is 11.6. The lowest BCUT2D eigenvalue weighted by atomic mass is 9.93. The maximum Gasteiger partial charge on any atom is 0.165 e.